The lowest BCUT2D eigenvalue weighted by Gasteiger charge is -2.24. The minimum Gasteiger partial charge on any atom is -0.311 e. The molecule has 0 aliphatic carbocycles. The first-order valence-electron chi connectivity index (χ1n) is 4.01. The largest absolute Gasteiger partial charge is 0.311 e. The molecule has 1 nitrogen and oxygen atoms in total. The second-order valence-electron chi connectivity index (χ2n) is 3.39. The van der Waals surface area contributed by atoms with E-state index in [0.717, 1.165) is 5.56 Å². The Morgan fingerprint density at radius 2 is 2.00 bits per heavy atom. The van der Waals surface area contributed by atoms with Crippen LogP contribution in [0.15, 0.2) is 24.3 Å². The van der Waals surface area contributed by atoms with Crippen LogP contribution in [0.5, 0.6) is 0 Å². The molecule has 0 atom stereocenters. The molecule has 1 aromatic rings. The molecule has 0 aromatic heterocycles. The summed E-state index contributed by atoms with van der Waals surface area (Å²) in [6.45, 7) is 4.03. The molecular weight excluding hydrogens is 153 g/mol. The van der Waals surface area contributed by atoms with Gasteiger partial charge in [0.05, 0.1) is 0 Å². The quantitative estimate of drug-likeness (QED) is 0.712. The van der Waals surface area contributed by atoms with Gasteiger partial charge in [0.15, 0.2) is 0 Å². The average molecular weight is 167 g/mol. The van der Waals surface area contributed by atoms with E-state index in [-0.39, 0.29) is 11.4 Å². The molecule has 2 heteroatoms. The minimum absolute atomic E-state index is 0.165. The van der Waals surface area contributed by atoms with E-state index in [9.17, 15) is 4.39 Å². The lowest BCUT2D eigenvalue weighted by molar-refractivity contribution is 0.441. The molecule has 1 aromatic carbocycles. The third-order valence-electron chi connectivity index (χ3n) is 2.17. The van der Waals surface area contributed by atoms with Crippen LogP contribution in [0.1, 0.15) is 19.4 Å². The van der Waals surface area contributed by atoms with Crippen molar-refractivity contribution in [1.82, 2.24) is 5.32 Å². The zero-order chi connectivity index (χ0) is 9.19. The molecule has 0 fully saturated rings. The molecule has 0 aliphatic heterocycles. The standard InChI is InChI=1S/C10H14FN/c1-10(2,12-3)8-5-4-6-9(11)7-8/h4-7,12H,1-3H3. The van der Waals surface area contributed by atoms with Gasteiger partial charge in [-0.05, 0) is 38.6 Å². The lowest BCUT2D eigenvalue weighted by Crippen LogP contribution is -2.33. The maximum Gasteiger partial charge on any atom is 0.123 e. The molecular formula is C10H14FN. The molecule has 0 saturated heterocycles. The summed E-state index contributed by atoms with van der Waals surface area (Å²) in [5.41, 5.74) is 0.798. The van der Waals surface area contributed by atoms with Crippen molar-refractivity contribution < 1.29 is 4.39 Å². The monoisotopic (exact) mass is 167 g/mol. The third kappa shape index (κ3) is 1.83. The average Bonchev–Trinajstić information content (AvgIpc) is 2.05. The summed E-state index contributed by atoms with van der Waals surface area (Å²) in [4.78, 5) is 0. The number of benzene rings is 1. The highest BCUT2D eigenvalue weighted by Gasteiger charge is 2.17. The third-order valence-corrected chi connectivity index (χ3v) is 2.17. The highest BCUT2D eigenvalue weighted by Crippen LogP contribution is 2.19. The number of hydrogen-bond acceptors (Lipinski definition) is 1. The maximum absolute atomic E-state index is 12.8. The molecule has 0 saturated carbocycles. The fourth-order valence-electron chi connectivity index (χ4n) is 1.02. The van der Waals surface area contributed by atoms with Crippen LogP contribution in [-0.4, -0.2) is 7.05 Å². The molecule has 1 N–H and O–H groups in total. The molecule has 66 valence electrons. The summed E-state index contributed by atoms with van der Waals surface area (Å²) in [6, 6.07) is 6.65. The number of rotatable bonds is 2. The van der Waals surface area contributed by atoms with Gasteiger partial charge >= 0.3 is 0 Å². The normalized spacial score (nSPS) is 11.7. The summed E-state index contributed by atoms with van der Waals surface area (Å²) < 4.78 is 12.8. The van der Waals surface area contributed by atoms with Crippen molar-refractivity contribution in [2.24, 2.45) is 0 Å². The SMILES string of the molecule is CNC(C)(C)c1cccc(F)c1. The van der Waals surface area contributed by atoms with E-state index < -0.39 is 0 Å². The number of hydrogen-bond donors (Lipinski definition) is 1. The van der Waals surface area contributed by atoms with Crippen LogP contribution >= 0.6 is 0 Å². The van der Waals surface area contributed by atoms with Crippen LogP contribution in [0.3, 0.4) is 0 Å². The van der Waals surface area contributed by atoms with Gasteiger partial charge in [0, 0.05) is 5.54 Å². The van der Waals surface area contributed by atoms with E-state index in [1.165, 1.54) is 6.07 Å². The molecule has 1 rings (SSSR count). The van der Waals surface area contributed by atoms with Gasteiger partial charge in [-0.1, -0.05) is 12.1 Å². The van der Waals surface area contributed by atoms with Gasteiger partial charge in [0.2, 0.25) is 0 Å². The molecule has 0 spiro atoms. The Balaban J connectivity index is 3.03. The highest BCUT2D eigenvalue weighted by atomic mass is 19.1. The molecule has 0 aliphatic rings. The van der Waals surface area contributed by atoms with E-state index >= 15 is 0 Å². The Bertz CT molecular complexity index is 268. The van der Waals surface area contributed by atoms with E-state index in [0.29, 0.717) is 0 Å². The Kier molecular flexibility index (Phi) is 2.48. The van der Waals surface area contributed by atoms with Gasteiger partial charge in [0.25, 0.3) is 0 Å². The Morgan fingerprint density at radius 3 is 2.50 bits per heavy atom. The predicted molar refractivity (Wildman–Crippen MR) is 48.5 cm³/mol. The first kappa shape index (κ1) is 9.20. The first-order valence-corrected chi connectivity index (χ1v) is 4.01. The van der Waals surface area contributed by atoms with Gasteiger partial charge in [-0.25, -0.2) is 4.39 Å². The number of halogens is 1. The van der Waals surface area contributed by atoms with Crippen LogP contribution in [-0.2, 0) is 5.54 Å². The van der Waals surface area contributed by atoms with E-state index in [1.54, 1.807) is 12.1 Å². The van der Waals surface area contributed by atoms with Crippen molar-refractivity contribution in [3.05, 3.63) is 35.6 Å². The minimum atomic E-state index is -0.184. The van der Waals surface area contributed by atoms with Crippen LogP contribution in [0.4, 0.5) is 4.39 Å². The van der Waals surface area contributed by atoms with Crippen LogP contribution < -0.4 is 5.32 Å². The van der Waals surface area contributed by atoms with Gasteiger partial charge in [-0.3, -0.25) is 0 Å². The fraction of sp³-hybridized carbons (Fsp3) is 0.400. The fourth-order valence-corrected chi connectivity index (χ4v) is 1.02. The zero-order valence-electron chi connectivity index (χ0n) is 7.69. The predicted octanol–water partition coefficient (Wildman–Crippen LogP) is 2.28. The van der Waals surface area contributed by atoms with E-state index in [2.05, 4.69) is 5.32 Å². The molecule has 0 radical (unpaired) electrons. The number of nitrogens with one attached hydrogen (secondary N) is 1. The molecule has 0 unspecified atom stereocenters. The topological polar surface area (TPSA) is 12.0 Å². The Hall–Kier alpha value is -0.890. The van der Waals surface area contributed by atoms with Crippen LogP contribution in [0.25, 0.3) is 0 Å². The van der Waals surface area contributed by atoms with E-state index in [4.69, 9.17) is 0 Å². The van der Waals surface area contributed by atoms with Crippen molar-refractivity contribution >= 4 is 0 Å². The Labute approximate surface area is 72.6 Å². The van der Waals surface area contributed by atoms with Crippen LogP contribution in [0, 0.1) is 5.82 Å². The second-order valence-corrected chi connectivity index (χ2v) is 3.39. The summed E-state index contributed by atoms with van der Waals surface area (Å²) in [5.74, 6) is -0.184. The van der Waals surface area contributed by atoms with Crippen molar-refractivity contribution in [3.8, 4) is 0 Å². The molecule has 0 amide bonds. The smallest absolute Gasteiger partial charge is 0.123 e. The van der Waals surface area contributed by atoms with Crippen molar-refractivity contribution in [1.29, 1.82) is 0 Å². The zero-order valence-corrected chi connectivity index (χ0v) is 7.69. The van der Waals surface area contributed by atoms with Crippen molar-refractivity contribution in [2.45, 2.75) is 19.4 Å². The first-order chi connectivity index (χ1) is 5.56. The van der Waals surface area contributed by atoms with Gasteiger partial charge in [-0.15, -0.1) is 0 Å². The second kappa shape index (κ2) is 3.23. The Morgan fingerprint density at radius 1 is 1.33 bits per heavy atom. The highest BCUT2D eigenvalue weighted by molar-refractivity contribution is 5.23. The van der Waals surface area contributed by atoms with Crippen LogP contribution in [0.2, 0.25) is 0 Å². The molecule has 0 bridgehead atoms. The summed E-state index contributed by atoms with van der Waals surface area (Å²) in [6.07, 6.45) is 0. The van der Waals surface area contributed by atoms with E-state index in [1.807, 2.05) is 27.0 Å². The lowest BCUT2D eigenvalue weighted by atomic mass is 9.95. The summed E-state index contributed by atoms with van der Waals surface area (Å²) in [5, 5.41) is 3.12. The summed E-state index contributed by atoms with van der Waals surface area (Å²) in [7, 11) is 1.87. The maximum atomic E-state index is 12.8. The van der Waals surface area contributed by atoms with Crippen molar-refractivity contribution in [3.63, 3.8) is 0 Å². The summed E-state index contributed by atoms with van der Waals surface area (Å²) >= 11 is 0. The van der Waals surface area contributed by atoms with Crippen molar-refractivity contribution in [2.75, 3.05) is 7.05 Å². The molecule has 0 heterocycles. The molecule has 12 heavy (non-hydrogen) atoms. The van der Waals surface area contributed by atoms with Gasteiger partial charge in [-0.2, -0.15) is 0 Å². The van der Waals surface area contributed by atoms with Gasteiger partial charge in [0.1, 0.15) is 5.82 Å². The van der Waals surface area contributed by atoms with Gasteiger partial charge < -0.3 is 5.32 Å².